The van der Waals surface area contributed by atoms with Crippen LogP contribution in [0.1, 0.15) is 58.7 Å². The van der Waals surface area contributed by atoms with Crippen molar-refractivity contribution < 1.29 is 14.6 Å². The number of aromatic nitrogens is 6. The van der Waals surface area contributed by atoms with Gasteiger partial charge in [-0.2, -0.15) is 10.1 Å². The number of pyridine rings is 2. The van der Waals surface area contributed by atoms with Crippen LogP contribution >= 0.6 is 0 Å². The number of fused-ring (bicyclic) bond motifs is 1. The Morgan fingerprint density at radius 1 is 1.14 bits per heavy atom. The zero-order valence-electron chi connectivity index (χ0n) is 21.7. The van der Waals surface area contributed by atoms with Crippen LogP contribution in [-0.2, 0) is 17.3 Å². The van der Waals surface area contributed by atoms with Gasteiger partial charge in [0.1, 0.15) is 17.3 Å². The van der Waals surface area contributed by atoms with Gasteiger partial charge in [0.2, 0.25) is 11.9 Å². The second-order valence-electron chi connectivity index (χ2n) is 10.5. The minimum atomic E-state index is -0.387. The SMILES string of the molecule is CC(=O)Nc1cc(Oc2cnc3nc(Nc4cc(C(C)(C)C)n([C@H]5CCC[C@@H]5O)n4)n(C)c3c2)ccn1. The smallest absolute Gasteiger partial charge is 0.222 e. The van der Waals surface area contributed by atoms with Crippen molar-refractivity contribution in [1.82, 2.24) is 29.3 Å². The fraction of sp³-hybridized carbons (Fsp3) is 0.423. The van der Waals surface area contributed by atoms with Crippen LogP contribution in [0.3, 0.4) is 0 Å². The monoisotopic (exact) mass is 504 g/mol. The standard InChI is InChI=1S/C26H32N8O3/c1-15(35)29-22-12-16(9-10-27-22)37-17-11-19-24(28-14-17)31-25(33(19)5)30-23-13-21(26(2,3)4)34(32-23)18-7-6-8-20(18)36/h9-14,18,20,36H,6-8H2,1-5H3,(H,27,29,35)(H,28,30,31,32)/t18-,20-/m0/s1. The molecular formula is C26H32N8O3. The molecule has 0 spiro atoms. The Morgan fingerprint density at radius 3 is 2.65 bits per heavy atom. The number of nitrogens with one attached hydrogen (secondary N) is 2. The molecule has 1 aliphatic carbocycles. The number of aliphatic hydroxyl groups is 1. The van der Waals surface area contributed by atoms with Gasteiger partial charge in [0.25, 0.3) is 0 Å². The average Bonchev–Trinajstić information content (AvgIpc) is 3.51. The molecule has 0 saturated heterocycles. The van der Waals surface area contributed by atoms with E-state index in [1.165, 1.54) is 6.92 Å². The van der Waals surface area contributed by atoms with Crippen LogP contribution in [0.5, 0.6) is 11.5 Å². The Kier molecular flexibility index (Phi) is 6.32. The number of hydrogen-bond acceptors (Lipinski definition) is 8. The van der Waals surface area contributed by atoms with Gasteiger partial charge in [0.05, 0.1) is 23.9 Å². The quantitative estimate of drug-likeness (QED) is 0.351. The van der Waals surface area contributed by atoms with Gasteiger partial charge in [0, 0.05) is 49.5 Å². The fourth-order valence-electron chi connectivity index (χ4n) is 4.67. The predicted octanol–water partition coefficient (Wildman–Crippen LogP) is 4.44. The van der Waals surface area contributed by atoms with E-state index in [4.69, 9.17) is 9.84 Å². The summed E-state index contributed by atoms with van der Waals surface area (Å²) in [5.74, 6) is 2.51. The van der Waals surface area contributed by atoms with Crippen molar-refractivity contribution in [3.05, 3.63) is 42.4 Å². The summed E-state index contributed by atoms with van der Waals surface area (Å²) in [5.41, 5.74) is 2.26. The lowest BCUT2D eigenvalue weighted by Gasteiger charge is -2.25. The van der Waals surface area contributed by atoms with Gasteiger partial charge in [0.15, 0.2) is 11.5 Å². The van der Waals surface area contributed by atoms with E-state index in [0.717, 1.165) is 30.5 Å². The van der Waals surface area contributed by atoms with Crippen LogP contribution in [0.2, 0.25) is 0 Å². The van der Waals surface area contributed by atoms with Gasteiger partial charge < -0.3 is 25.0 Å². The molecule has 37 heavy (non-hydrogen) atoms. The van der Waals surface area contributed by atoms with Gasteiger partial charge >= 0.3 is 0 Å². The first kappa shape index (κ1) is 24.7. The molecule has 1 fully saturated rings. The van der Waals surface area contributed by atoms with Crippen molar-refractivity contribution in [3.8, 4) is 11.5 Å². The minimum Gasteiger partial charge on any atom is -0.455 e. The minimum absolute atomic E-state index is 0.0223. The lowest BCUT2D eigenvalue weighted by atomic mass is 9.91. The molecule has 194 valence electrons. The maximum atomic E-state index is 11.3. The summed E-state index contributed by atoms with van der Waals surface area (Å²) < 4.78 is 9.84. The molecule has 3 N–H and O–H groups in total. The van der Waals surface area contributed by atoms with Gasteiger partial charge in [-0.1, -0.05) is 20.8 Å². The number of hydrogen-bond donors (Lipinski definition) is 3. The molecule has 0 aromatic carbocycles. The number of carbonyl (C=O) groups is 1. The zero-order valence-corrected chi connectivity index (χ0v) is 21.7. The second-order valence-corrected chi connectivity index (χ2v) is 10.5. The predicted molar refractivity (Wildman–Crippen MR) is 140 cm³/mol. The Balaban J connectivity index is 1.41. The van der Waals surface area contributed by atoms with E-state index < -0.39 is 0 Å². The first-order valence-electron chi connectivity index (χ1n) is 12.4. The Hall–Kier alpha value is -3.99. The molecule has 11 heteroatoms. The van der Waals surface area contributed by atoms with Crippen LogP contribution in [0, 0.1) is 0 Å². The first-order chi connectivity index (χ1) is 17.6. The number of ether oxygens (including phenoxy) is 1. The number of anilines is 3. The van der Waals surface area contributed by atoms with E-state index in [9.17, 15) is 9.90 Å². The molecule has 0 bridgehead atoms. The highest BCUT2D eigenvalue weighted by molar-refractivity contribution is 5.87. The van der Waals surface area contributed by atoms with Crippen molar-refractivity contribution >= 4 is 34.7 Å². The molecule has 0 radical (unpaired) electrons. The zero-order chi connectivity index (χ0) is 26.3. The third-order valence-electron chi connectivity index (χ3n) is 6.49. The largest absolute Gasteiger partial charge is 0.455 e. The summed E-state index contributed by atoms with van der Waals surface area (Å²) in [7, 11) is 1.90. The Labute approximate surface area is 214 Å². The third kappa shape index (κ3) is 5.12. The Bertz CT molecular complexity index is 1450. The molecule has 4 aromatic heterocycles. The first-order valence-corrected chi connectivity index (χ1v) is 12.4. The number of imidazole rings is 1. The highest BCUT2D eigenvalue weighted by Gasteiger charge is 2.32. The molecule has 1 amide bonds. The molecule has 0 aliphatic heterocycles. The molecular weight excluding hydrogens is 472 g/mol. The number of rotatable bonds is 6. The molecule has 1 aliphatic rings. The van der Waals surface area contributed by atoms with Crippen molar-refractivity contribution in [2.75, 3.05) is 10.6 Å². The molecule has 5 rings (SSSR count). The normalized spacial score (nSPS) is 17.8. The van der Waals surface area contributed by atoms with Gasteiger partial charge in [-0.05, 0) is 25.3 Å². The second kappa shape index (κ2) is 9.47. The lowest BCUT2D eigenvalue weighted by molar-refractivity contribution is -0.114. The van der Waals surface area contributed by atoms with Crippen LogP contribution in [-0.4, -0.2) is 46.4 Å². The topological polar surface area (TPSA) is 132 Å². The van der Waals surface area contributed by atoms with Crippen LogP contribution in [0.4, 0.5) is 17.6 Å². The summed E-state index contributed by atoms with van der Waals surface area (Å²) in [5, 5.41) is 21.3. The van der Waals surface area contributed by atoms with Crippen LogP contribution in [0.15, 0.2) is 36.7 Å². The number of nitrogens with zero attached hydrogens (tertiary/aromatic N) is 6. The van der Waals surface area contributed by atoms with Crippen LogP contribution < -0.4 is 15.4 Å². The number of amides is 1. The van der Waals surface area contributed by atoms with Crippen molar-refractivity contribution in [3.63, 3.8) is 0 Å². The maximum absolute atomic E-state index is 11.3. The summed E-state index contributed by atoms with van der Waals surface area (Å²) >= 11 is 0. The number of carbonyl (C=O) groups excluding carboxylic acids is 1. The molecule has 0 unspecified atom stereocenters. The molecule has 11 nitrogen and oxygen atoms in total. The van der Waals surface area contributed by atoms with E-state index in [2.05, 4.69) is 46.4 Å². The van der Waals surface area contributed by atoms with E-state index in [1.54, 1.807) is 24.5 Å². The summed E-state index contributed by atoms with van der Waals surface area (Å²) in [6, 6.07) is 7.21. The van der Waals surface area contributed by atoms with E-state index in [-0.39, 0.29) is 23.5 Å². The molecule has 4 heterocycles. The van der Waals surface area contributed by atoms with Crippen molar-refractivity contribution in [2.24, 2.45) is 7.05 Å². The maximum Gasteiger partial charge on any atom is 0.222 e. The third-order valence-corrected chi connectivity index (χ3v) is 6.49. The van der Waals surface area contributed by atoms with Gasteiger partial charge in [-0.25, -0.2) is 9.97 Å². The lowest BCUT2D eigenvalue weighted by Crippen LogP contribution is -2.26. The van der Waals surface area contributed by atoms with E-state index in [1.807, 2.05) is 28.4 Å². The average molecular weight is 505 g/mol. The highest BCUT2D eigenvalue weighted by atomic mass is 16.5. The summed E-state index contributed by atoms with van der Waals surface area (Å²) in [6.07, 6.45) is 5.48. The number of aliphatic hydroxyl groups excluding tert-OH is 1. The van der Waals surface area contributed by atoms with E-state index in [0.29, 0.717) is 34.7 Å². The molecule has 1 saturated carbocycles. The van der Waals surface area contributed by atoms with E-state index >= 15 is 0 Å². The van der Waals surface area contributed by atoms with Crippen molar-refractivity contribution in [2.45, 2.75) is 64.5 Å². The molecule has 4 aromatic rings. The molecule has 2 atom stereocenters. The van der Waals surface area contributed by atoms with Crippen LogP contribution in [0.25, 0.3) is 11.2 Å². The summed E-state index contributed by atoms with van der Waals surface area (Å²) in [4.78, 5) is 24.5. The van der Waals surface area contributed by atoms with Gasteiger partial charge in [-0.3, -0.25) is 9.48 Å². The van der Waals surface area contributed by atoms with Crippen molar-refractivity contribution in [1.29, 1.82) is 0 Å². The fourth-order valence-corrected chi connectivity index (χ4v) is 4.67. The number of aryl methyl sites for hydroxylation is 1. The highest BCUT2D eigenvalue weighted by Crippen LogP contribution is 2.36. The van der Waals surface area contributed by atoms with Gasteiger partial charge in [-0.15, -0.1) is 0 Å². The Morgan fingerprint density at radius 2 is 1.95 bits per heavy atom. The summed E-state index contributed by atoms with van der Waals surface area (Å²) in [6.45, 7) is 7.86.